The van der Waals surface area contributed by atoms with Crippen molar-refractivity contribution in [2.45, 2.75) is 19.4 Å². The lowest BCUT2D eigenvalue weighted by molar-refractivity contribution is -0.117. The van der Waals surface area contributed by atoms with Crippen molar-refractivity contribution in [3.63, 3.8) is 0 Å². The van der Waals surface area contributed by atoms with Crippen LogP contribution in [0, 0.1) is 0 Å². The number of rotatable bonds is 5. The first-order chi connectivity index (χ1) is 10.7. The third-order valence-corrected chi connectivity index (χ3v) is 4.20. The van der Waals surface area contributed by atoms with Crippen molar-refractivity contribution in [2.24, 2.45) is 0 Å². The fraction of sp³-hybridized carbons (Fsp3) is 0.235. The van der Waals surface area contributed by atoms with E-state index in [9.17, 15) is 4.79 Å². The highest BCUT2D eigenvalue weighted by Gasteiger charge is 2.12. The van der Waals surface area contributed by atoms with Gasteiger partial charge in [-0.3, -0.25) is 4.79 Å². The molecule has 3 rings (SSSR count). The predicted molar refractivity (Wildman–Crippen MR) is 87.2 cm³/mol. The summed E-state index contributed by atoms with van der Waals surface area (Å²) >= 11 is 1.70. The monoisotopic (exact) mass is 315 g/mol. The van der Waals surface area contributed by atoms with E-state index in [-0.39, 0.29) is 18.7 Å². The van der Waals surface area contributed by atoms with Crippen LogP contribution >= 0.6 is 11.3 Å². The summed E-state index contributed by atoms with van der Waals surface area (Å²) in [5.74, 6) is 1.36. The number of hydrogen-bond donors (Lipinski definition) is 1. The Hall–Kier alpha value is -2.27. The number of thiophene rings is 1. The number of hydrogen-bond acceptors (Lipinski definition) is 4. The Morgan fingerprint density at radius 3 is 3.05 bits per heavy atom. The fourth-order valence-electron chi connectivity index (χ4n) is 2.26. The molecule has 5 heteroatoms. The number of nitrogens with one attached hydrogen (secondary N) is 1. The molecule has 0 spiro atoms. The number of amides is 1. The van der Waals surface area contributed by atoms with Crippen LogP contribution in [-0.4, -0.2) is 18.7 Å². The molecule has 1 aliphatic rings. The quantitative estimate of drug-likeness (QED) is 0.862. The molecule has 1 atom stereocenters. The van der Waals surface area contributed by atoms with Crippen LogP contribution in [0.1, 0.15) is 17.4 Å². The summed E-state index contributed by atoms with van der Waals surface area (Å²) < 4.78 is 10.6. The minimum absolute atomic E-state index is 0.0956. The zero-order chi connectivity index (χ0) is 15.4. The van der Waals surface area contributed by atoms with Gasteiger partial charge in [0.25, 0.3) is 0 Å². The lowest BCUT2D eigenvalue weighted by atomic mass is 10.1. The average Bonchev–Trinajstić information content (AvgIpc) is 3.15. The van der Waals surface area contributed by atoms with Crippen molar-refractivity contribution >= 4 is 23.3 Å². The summed E-state index contributed by atoms with van der Waals surface area (Å²) in [6.45, 7) is 2.26. The molecule has 0 fully saturated rings. The molecule has 1 unspecified atom stereocenters. The molecule has 0 aliphatic carbocycles. The van der Waals surface area contributed by atoms with Gasteiger partial charge in [0.1, 0.15) is 0 Å². The van der Waals surface area contributed by atoms with Gasteiger partial charge in [-0.1, -0.05) is 12.1 Å². The summed E-state index contributed by atoms with van der Waals surface area (Å²) in [4.78, 5) is 13.2. The second-order valence-electron chi connectivity index (χ2n) is 5.14. The van der Waals surface area contributed by atoms with Crippen molar-refractivity contribution < 1.29 is 14.3 Å². The Bertz CT molecular complexity index is 679. The highest BCUT2D eigenvalue weighted by Crippen LogP contribution is 2.32. The van der Waals surface area contributed by atoms with Gasteiger partial charge in [-0.2, -0.15) is 0 Å². The lowest BCUT2D eigenvalue weighted by Gasteiger charge is -2.10. The van der Waals surface area contributed by atoms with Gasteiger partial charge < -0.3 is 14.8 Å². The molecule has 1 aromatic heterocycles. The summed E-state index contributed by atoms with van der Waals surface area (Å²) in [6.07, 6.45) is 4.17. The normalized spacial score (nSPS) is 14.2. The van der Waals surface area contributed by atoms with E-state index in [1.807, 2.05) is 36.6 Å². The molecule has 22 heavy (non-hydrogen) atoms. The largest absolute Gasteiger partial charge is 0.454 e. The molecule has 4 nitrogen and oxygen atoms in total. The Morgan fingerprint density at radius 2 is 2.23 bits per heavy atom. The molecule has 1 aromatic carbocycles. The van der Waals surface area contributed by atoms with Crippen LogP contribution in [-0.2, 0) is 11.2 Å². The second kappa shape index (κ2) is 6.66. The number of fused-ring (bicyclic) bond motifs is 1. The van der Waals surface area contributed by atoms with Crippen LogP contribution in [0.3, 0.4) is 0 Å². The number of ether oxygens (including phenoxy) is 2. The zero-order valence-corrected chi connectivity index (χ0v) is 13.1. The predicted octanol–water partition coefficient (Wildman–Crippen LogP) is 3.24. The van der Waals surface area contributed by atoms with Crippen molar-refractivity contribution in [1.29, 1.82) is 0 Å². The maximum Gasteiger partial charge on any atom is 0.244 e. The first kappa shape index (κ1) is 14.7. The van der Waals surface area contributed by atoms with Crippen molar-refractivity contribution in [3.05, 3.63) is 52.2 Å². The van der Waals surface area contributed by atoms with Crippen LogP contribution in [0.25, 0.3) is 6.08 Å². The minimum atomic E-state index is -0.0956. The number of carbonyl (C=O) groups is 1. The van der Waals surface area contributed by atoms with E-state index < -0.39 is 0 Å². The van der Waals surface area contributed by atoms with E-state index in [1.165, 1.54) is 4.88 Å². The Morgan fingerprint density at radius 1 is 1.36 bits per heavy atom. The van der Waals surface area contributed by atoms with E-state index in [1.54, 1.807) is 23.5 Å². The number of carbonyl (C=O) groups excluding carboxylic acids is 1. The molecule has 1 N–H and O–H groups in total. The molecule has 0 radical (unpaired) electrons. The average molecular weight is 315 g/mol. The molecule has 0 saturated carbocycles. The SMILES string of the molecule is CC(Cc1cccs1)NC(=O)C=Cc1ccc2c(c1)OCO2. The van der Waals surface area contributed by atoms with E-state index in [0.717, 1.165) is 17.7 Å². The maximum absolute atomic E-state index is 11.9. The van der Waals surface area contributed by atoms with Gasteiger partial charge in [0, 0.05) is 23.4 Å². The molecule has 114 valence electrons. The van der Waals surface area contributed by atoms with E-state index >= 15 is 0 Å². The molecular formula is C17H17NO3S. The van der Waals surface area contributed by atoms with Crippen LogP contribution in [0.4, 0.5) is 0 Å². The summed E-state index contributed by atoms with van der Waals surface area (Å²) in [7, 11) is 0. The third kappa shape index (κ3) is 3.68. The van der Waals surface area contributed by atoms with Crippen LogP contribution in [0.5, 0.6) is 11.5 Å². The molecule has 2 aromatic rings. The van der Waals surface area contributed by atoms with Gasteiger partial charge >= 0.3 is 0 Å². The Labute approximate surface area is 133 Å². The highest BCUT2D eigenvalue weighted by atomic mass is 32.1. The summed E-state index contributed by atoms with van der Waals surface area (Å²) in [5.41, 5.74) is 0.908. The van der Waals surface area contributed by atoms with Crippen LogP contribution in [0.15, 0.2) is 41.8 Å². The Balaban J connectivity index is 1.54. The van der Waals surface area contributed by atoms with Gasteiger partial charge in [-0.25, -0.2) is 0 Å². The lowest BCUT2D eigenvalue weighted by Crippen LogP contribution is -2.32. The van der Waals surface area contributed by atoms with Gasteiger partial charge in [0.05, 0.1) is 0 Å². The number of benzene rings is 1. The standard InChI is InChI=1S/C17H17NO3S/c1-12(9-14-3-2-8-22-14)18-17(19)7-5-13-4-6-15-16(10-13)21-11-20-15/h2-8,10,12H,9,11H2,1H3,(H,18,19). The highest BCUT2D eigenvalue weighted by molar-refractivity contribution is 7.09. The van der Waals surface area contributed by atoms with Crippen LogP contribution in [0.2, 0.25) is 0 Å². The van der Waals surface area contributed by atoms with E-state index in [2.05, 4.69) is 11.4 Å². The molecule has 0 saturated heterocycles. The molecular weight excluding hydrogens is 298 g/mol. The van der Waals surface area contributed by atoms with Gasteiger partial charge in [-0.05, 0) is 42.1 Å². The van der Waals surface area contributed by atoms with Crippen molar-refractivity contribution in [1.82, 2.24) is 5.32 Å². The molecule has 1 aliphatic heterocycles. The van der Waals surface area contributed by atoms with Gasteiger partial charge in [0.2, 0.25) is 12.7 Å². The third-order valence-electron chi connectivity index (χ3n) is 3.30. The summed E-state index contributed by atoms with van der Waals surface area (Å²) in [6, 6.07) is 9.81. The summed E-state index contributed by atoms with van der Waals surface area (Å²) in [5, 5.41) is 5.01. The fourth-order valence-corrected chi connectivity index (χ4v) is 3.10. The molecule has 0 bridgehead atoms. The first-order valence-corrected chi connectivity index (χ1v) is 7.99. The van der Waals surface area contributed by atoms with Crippen molar-refractivity contribution in [2.75, 3.05) is 6.79 Å². The molecule has 1 amide bonds. The minimum Gasteiger partial charge on any atom is -0.454 e. The Kier molecular flexibility index (Phi) is 4.44. The topological polar surface area (TPSA) is 47.6 Å². The van der Waals surface area contributed by atoms with Gasteiger partial charge in [0.15, 0.2) is 11.5 Å². The van der Waals surface area contributed by atoms with E-state index in [4.69, 9.17) is 9.47 Å². The second-order valence-corrected chi connectivity index (χ2v) is 6.17. The van der Waals surface area contributed by atoms with Crippen LogP contribution < -0.4 is 14.8 Å². The molecule has 2 heterocycles. The first-order valence-electron chi connectivity index (χ1n) is 7.11. The van der Waals surface area contributed by atoms with E-state index in [0.29, 0.717) is 5.75 Å². The smallest absolute Gasteiger partial charge is 0.244 e. The zero-order valence-electron chi connectivity index (χ0n) is 12.2. The van der Waals surface area contributed by atoms with Gasteiger partial charge in [-0.15, -0.1) is 11.3 Å². The maximum atomic E-state index is 11.9. The van der Waals surface area contributed by atoms with Crippen molar-refractivity contribution in [3.8, 4) is 11.5 Å².